The third kappa shape index (κ3) is 6.88. The van der Waals surface area contributed by atoms with E-state index < -0.39 is 0 Å². The van der Waals surface area contributed by atoms with Gasteiger partial charge < -0.3 is 25.7 Å². The highest BCUT2D eigenvalue weighted by molar-refractivity contribution is 5.89. The molecule has 0 aliphatic rings. The van der Waals surface area contributed by atoms with Crippen LogP contribution in [0.4, 0.5) is 10.5 Å². The molecule has 1 aromatic heterocycles. The monoisotopic (exact) mass is 420 g/mol. The molecule has 31 heavy (non-hydrogen) atoms. The van der Waals surface area contributed by atoms with Crippen LogP contribution in [0.15, 0.2) is 70.3 Å². The lowest BCUT2D eigenvalue weighted by Gasteiger charge is -2.12. The van der Waals surface area contributed by atoms with E-state index in [4.69, 9.17) is 4.42 Å². The Hall–Kier alpha value is -3.81. The summed E-state index contributed by atoms with van der Waals surface area (Å²) in [4.78, 5) is 20.5. The van der Waals surface area contributed by atoms with Crippen molar-refractivity contribution in [2.24, 2.45) is 4.99 Å². The third-order valence-corrected chi connectivity index (χ3v) is 4.32. The summed E-state index contributed by atoms with van der Waals surface area (Å²) in [6.45, 7) is 4.91. The number of nitrogens with one attached hydrogen (secondary N) is 4. The smallest absolute Gasteiger partial charge is 0.319 e. The molecule has 0 aliphatic heterocycles. The molecule has 8 heteroatoms. The summed E-state index contributed by atoms with van der Waals surface area (Å²) in [5, 5.41) is 12.1. The van der Waals surface area contributed by atoms with Crippen LogP contribution in [0.1, 0.15) is 25.1 Å². The maximum Gasteiger partial charge on any atom is 0.319 e. The Morgan fingerprint density at radius 2 is 1.74 bits per heavy atom. The average molecular weight is 421 g/mol. The van der Waals surface area contributed by atoms with E-state index in [1.807, 2.05) is 68.4 Å². The number of hydrogen-bond donors (Lipinski definition) is 4. The van der Waals surface area contributed by atoms with Gasteiger partial charge in [-0.2, -0.15) is 0 Å². The van der Waals surface area contributed by atoms with Crippen LogP contribution in [-0.2, 0) is 13.1 Å². The Morgan fingerprint density at radius 1 is 1.03 bits per heavy atom. The number of oxazole rings is 1. The Morgan fingerprint density at radius 3 is 2.42 bits per heavy atom. The molecule has 162 valence electrons. The molecule has 0 saturated carbocycles. The first-order valence-electron chi connectivity index (χ1n) is 10.1. The zero-order valence-electron chi connectivity index (χ0n) is 18.0. The van der Waals surface area contributed by atoms with Crippen LogP contribution in [-0.4, -0.2) is 30.1 Å². The molecule has 1 heterocycles. The van der Waals surface area contributed by atoms with E-state index in [0.29, 0.717) is 24.9 Å². The molecule has 0 bridgehead atoms. The summed E-state index contributed by atoms with van der Waals surface area (Å²) in [5.41, 5.74) is 3.53. The van der Waals surface area contributed by atoms with Gasteiger partial charge in [0.1, 0.15) is 6.26 Å². The predicted molar refractivity (Wildman–Crippen MR) is 123 cm³/mol. The second kappa shape index (κ2) is 10.8. The van der Waals surface area contributed by atoms with E-state index >= 15 is 0 Å². The van der Waals surface area contributed by atoms with Gasteiger partial charge in [-0.1, -0.05) is 30.3 Å². The SMILES string of the molecule is CN=C(NCc1ccc(NC(=O)NC(C)C)cc1)NCc1coc(-c2ccccc2)n1. The first kappa shape index (κ1) is 21.9. The second-order valence-corrected chi connectivity index (χ2v) is 7.24. The van der Waals surface area contributed by atoms with Crippen LogP contribution in [0, 0.1) is 0 Å². The van der Waals surface area contributed by atoms with Gasteiger partial charge >= 0.3 is 6.03 Å². The van der Waals surface area contributed by atoms with Crippen molar-refractivity contribution < 1.29 is 9.21 Å². The number of guanidine groups is 1. The number of anilines is 1. The van der Waals surface area contributed by atoms with Crippen molar-refractivity contribution in [1.82, 2.24) is 20.9 Å². The van der Waals surface area contributed by atoms with Crippen LogP contribution in [0.5, 0.6) is 0 Å². The lowest BCUT2D eigenvalue weighted by molar-refractivity contribution is 0.250. The molecule has 0 atom stereocenters. The molecule has 0 aliphatic carbocycles. The first-order valence-corrected chi connectivity index (χ1v) is 10.1. The third-order valence-electron chi connectivity index (χ3n) is 4.32. The van der Waals surface area contributed by atoms with Crippen molar-refractivity contribution in [3.8, 4) is 11.5 Å². The number of urea groups is 1. The number of carbonyl (C=O) groups is 1. The van der Waals surface area contributed by atoms with E-state index in [-0.39, 0.29) is 12.1 Å². The molecule has 0 unspecified atom stereocenters. The molecule has 0 saturated heterocycles. The highest BCUT2D eigenvalue weighted by atomic mass is 16.3. The second-order valence-electron chi connectivity index (χ2n) is 7.24. The zero-order valence-corrected chi connectivity index (χ0v) is 18.0. The predicted octanol–water partition coefficient (Wildman–Crippen LogP) is 3.74. The number of carbonyl (C=O) groups excluding carboxylic acids is 1. The van der Waals surface area contributed by atoms with Gasteiger partial charge in [0.25, 0.3) is 0 Å². The molecule has 2 aromatic carbocycles. The average Bonchev–Trinajstić information content (AvgIpc) is 3.24. The van der Waals surface area contributed by atoms with Gasteiger partial charge in [0.2, 0.25) is 5.89 Å². The van der Waals surface area contributed by atoms with E-state index in [1.165, 1.54) is 0 Å². The van der Waals surface area contributed by atoms with Crippen LogP contribution >= 0.6 is 0 Å². The normalized spacial score (nSPS) is 11.3. The van der Waals surface area contributed by atoms with Crippen molar-refractivity contribution in [2.45, 2.75) is 33.0 Å². The van der Waals surface area contributed by atoms with Crippen molar-refractivity contribution >= 4 is 17.7 Å². The zero-order chi connectivity index (χ0) is 22.1. The molecule has 3 rings (SSSR count). The lowest BCUT2D eigenvalue weighted by atomic mass is 10.2. The minimum absolute atomic E-state index is 0.0879. The van der Waals surface area contributed by atoms with Crippen LogP contribution < -0.4 is 21.3 Å². The standard InChI is InChI=1S/C23H28N6O2/c1-16(2)27-23(30)29-19-11-9-17(10-12-19)13-25-22(24-3)26-14-20-15-31-21(28-20)18-7-5-4-6-8-18/h4-12,15-16H,13-14H2,1-3H3,(H2,24,25,26)(H2,27,29,30). The Balaban J connectivity index is 1.46. The van der Waals surface area contributed by atoms with Gasteiger partial charge in [-0.3, -0.25) is 4.99 Å². The van der Waals surface area contributed by atoms with Gasteiger partial charge in [0, 0.05) is 30.9 Å². The molecule has 0 radical (unpaired) electrons. The van der Waals surface area contributed by atoms with Gasteiger partial charge in [0.15, 0.2) is 5.96 Å². The maximum absolute atomic E-state index is 11.8. The molecule has 4 N–H and O–H groups in total. The lowest BCUT2D eigenvalue weighted by Crippen LogP contribution is -2.36. The summed E-state index contributed by atoms with van der Waals surface area (Å²) < 4.78 is 5.56. The number of hydrogen-bond acceptors (Lipinski definition) is 4. The van der Waals surface area contributed by atoms with Gasteiger partial charge in [-0.05, 0) is 43.7 Å². The molecule has 8 nitrogen and oxygen atoms in total. The summed E-state index contributed by atoms with van der Waals surface area (Å²) in [6, 6.07) is 17.3. The number of benzene rings is 2. The minimum atomic E-state index is -0.214. The number of aromatic nitrogens is 1. The maximum atomic E-state index is 11.8. The molecule has 3 aromatic rings. The molecule has 2 amide bonds. The quantitative estimate of drug-likeness (QED) is 0.344. The van der Waals surface area contributed by atoms with Crippen molar-refractivity contribution in [2.75, 3.05) is 12.4 Å². The van der Waals surface area contributed by atoms with Crippen LogP contribution in [0.3, 0.4) is 0 Å². The largest absolute Gasteiger partial charge is 0.444 e. The number of rotatable bonds is 7. The molecule has 0 spiro atoms. The molecular weight excluding hydrogens is 392 g/mol. The number of amides is 2. The van der Waals surface area contributed by atoms with E-state index in [9.17, 15) is 4.79 Å². The van der Waals surface area contributed by atoms with Crippen molar-refractivity contribution in [3.05, 3.63) is 72.1 Å². The van der Waals surface area contributed by atoms with Crippen LogP contribution in [0.2, 0.25) is 0 Å². The summed E-state index contributed by atoms with van der Waals surface area (Å²) >= 11 is 0. The minimum Gasteiger partial charge on any atom is -0.444 e. The fraction of sp³-hybridized carbons (Fsp3) is 0.261. The van der Waals surface area contributed by atoms with E-state index in [1.54, 1.807) is 13.3 Å². The Bertz CT molecular complexity index is 996. The fourth-order valence-electron chi connectivity index (χ4n) is 2.82. The van der Waals surface area contributed by atoms with Gasteiger partial charge in [-0.25, -0.2) is 9.78 Å². The van der Waals surface area contributed by atoms with Gasteiger partial charge in [-0.15, -0.1) is 0 Å². The van der Waals surface area contributed by atoms with Crippen molar-refractivity contribution in [3.63, 3.8) is 0 Å². The first-order chi connectivity index (χ1) is 15.0. The number of nitrogens with zero attached hydrogens (tertiary/aromatic N) is 2. The Kier molecular flexibility index (Phi) is 7.64. The van der Waals surface area contributed by atoms with Crippen LogP contribution in [0.25, 0.3) is 11.5 Å². The highest BCUT2D eigenvalue weighted by Gasteiger charge is 2.07. The summed E-state index contributed by atoms with van der Waals surface area (Å²) in [5.74, 6) is 1.25. The Labute approximate surface area is 182 Å². The van der Waals surface area contributed by atoms with Crippen molar-refractivity contribution in [1.29, 1.82) is 0 Å². The van der Waals surface area contributed by atoms with E-state index in [0.717, 1.165) is 22.5 Å². The molecule has 0 fully saturated rings. The number of aliphatic imine (C=N–C) groups is 1. The molecular formula is C23H28N6O2. The van der Waals surface area contributed by atoms with Gasteiger partial charge in [0.05, 0.1) is 12.2 Å². The summed E-state index contributed by atoms with van der Waals surface area (Å²) in [7, 11) is 1.72. The van der Waals surface area contributed by atoms with E-state index in [2.05, 4.69) is 31.2 Å². The highest BCUT2D eigenvalue weighted by Crippen LogP contribution is 2.17. The fourth-order valence-corrected chi connectivity index (χ4v) is 2.82. The topological polar surface area (TPSA) is 104 Å². The summed E-state index contributed by atoms with van der Waals surface area (Å²) in [6.07, 6.45) is 1.64.